The lowest BCUT2D eigenvalue weighted by atomic mass is 9.92. The van der Waals surface area contributed by atoms with E-state index in [2.05, 4.69) is 66.8 Å². The number of halogens is 1. The van der Waals surface area contributed by atoms with Crippen LogP contribution in [0.1, 0.15) is 38.2 Å². The molecule has 2 aliphatic carbocycles. The predicted octanol–water partition coefficient (Wildman–Crippen LogP) is 4.39. The predicted molar refractivity (Wildman–Crippen MR) is 72.4 cm³/mol. The van der Waals surface area contributed by atoms with Crippen molar-refractivity contribution in [1.29, 1.82) is 0 Å². The number of rotatable bonds is 1. The van der Waals surface area contributed by atoms with Crippen molar-refractivity contribution in [2.45, 2.75) is 36.0 Å². The molecule has 4 unspecified atom stereocenters. The van der Waals surface area contributed by atoms with Crippen LogP contribution < -0.4 is 0 Å². The largest absolute Gasteiger partial charge is 0.0775 e. The highest BCUT2D eigenvalue weighted by molar-refractivity contribution is 14.1. The molecule has 0 radical (unpaired) electrons. The molecule has 15 heavy (non-hydrogen) atoms. The third-order valence-corrected chi connectivity index (χ3v) is 6.81. The third kappa shape index (κ3) is 1.19. The van der Waals surface area contributed by atoms with E-state index in [1.807, 2.05) is 0 Å². The maximum atomic E-state index is 2.74. The van der Waals surface area contributed by atoms with Crippen molar-refractivity contribution in [2.75, 3.05) is 0 Å². The fraction of sp³-hybridized carbons (Fsp3) is 0.571. The minimum absolute atomic E-state index is 0.561. The van der Waals surface area contributed by atoms with E-state index in [0.29, 0.717) is 8.84 Å². The van der Waals surface area contributed by atoms with Crippen molar-refractivity contribution in [3.63, 3.8) is 0 Å². The molecule has 0 aliphatic heterocycles. The highest BCUT2D eigenvalue weighted by Gasteiger charge is 2.75. The van der Waals surface area contributed by atoms with Gasteiger partial charge in [-0.05, 0) is 29.7 Å². The van der Waals surface area contributed by atoms with Crippen molar-refractivity contribution < 1.29 is 0 Å². The average Bonchev–Trinajstić information content (AvgIpc) is 2.50. The molecule has 0 heterocycles. The van der Waals surface area contributed by atoms with Gasteiger partial charge < -0.3 is 0 Å². The number of fused-ring (bicyclic) bond motifs is 1. The Morgan fingerprint density at radius 1 is 1.20 bits per heavy atom. The molecule has 80 valence electrons. The molecule has 3 rings (SSSR count). The van der Waals surface area contributed by atoms with Gasteiger partial charge in [-0.3, -0.25) is 0 Å². The Morgan fingerprint density at radius 3 is 2.40 bits per heavy atom. The molecular formula is C14H17I. The Labute approximate surface area is 106 Å². The molecule has 0 bridgehead atoms. The van der Waals surface area contributed by atoms with Crippen LogP contribution in [0, 0.1) is 11.3 Å². The van der Waals surface area contributed by atoms with Crippen molar-refractivity contribution in [3.05, 3.63) is 35.9 Å². The molecule has 2 fully saturated rings. The fourth-order valence-corrected chi connectivity index (χ4v) is 6.11. The van der Waals surface area contributed by atoms with Gasteiger partial charge in [-0.1, -0.05) is 66.8 Å². The maximum Gasteiger partial charge on any atom is 0.0358 e. The third-order valence-electron chi connectivity index (χ3n) is 4.51. The van der Waals surface area contributed by atoms with Crippen LogP contribution in [-0.2, 0) is 0 Å². The van der Waals surface area contributed by atoms with Gasteiger partial charge in [0.2, 0.25) is 0 Å². The molecule has 0 aromatic heterocycles. The molecule has 2 aliphatic rings. The average molecular weight is 312 g/mol. The lowest BCUT2D eigenvalue weighted by molar-refractivity contribution is 0.446. The van der Waals surface area contributed by atoms with Gasteiger partial charge in [0.05, 0.1) is 0 Å². The lowest BCUT2D eigenvalue weighted by Gasteiger charge is -2.13. The van der Waals surface area contributed by atoms with E-state index in [9.17, 15) is 0 Å². The van der Waals surface area contributed by atoms with E-state index < -0.39 is 0 Å². The molecule has 0 saturated heterocycles. The molecule has 4 atom stereocenters. The van der Waals surface area contributed by atoms with Gasteiger partial charge >= 0.3 is 0 Å². The standard InChI is InChI=1S/C14H17I/c1-10-8-13(2)12(14(13,15)9-10)11-6-4-3-5-7-11/h3-7,10,12H,8-9H2,1-2H3. The molecule has 2 saturated carbocycles. The lowest BCUT2D eigenvalue weighted by Crippen LogP contribution is -2.03. The first-order valence-corrected chi connectivity index (χ1v) is 6.90. The van der Waals surface area contributed by atoms with Crippen LogP contribution in [0.3, 0.4) is 0 Å². The van der Waals surface area contributed by atoms with E-state index in [1.165, 1.54) is 12.8 Å². The Kier molecular flexibility index (Phi) is 2.02. The summed E-state index contributed by atoms with van der Waals surface area (Å²) in [5, 5.41) is 0. The van der Waals surface area contributed by atoms with E-state index in [4.69, 9.17) is 0 Å². The van der Waals surface area contributed by atoms with Gasteiger partial charge in [-0.15, -0.1) is 0 Å². The van der Waals surface area contributed by atoms with Gasteiger partial charge in [0.15, 0.2) is 0 Å². The molecular weight excluding hydrogens is 295 g/mol. The maximum absolute atomic E-state index is 2.74. The second kappa shape index (κ2) is 2.99. The van der Waals surface area contributed by atoms with Gasteiger partial charge in [0.1, 0.15) is 0 Å². The van der Waals surface area contributed by atoms with Crippen LogP contribution in [0.4, 0.5) is 0 Å². The summed E-state index contributed by atoms with van der Waals surface area (Å²) in [6, 6.07) is 11.1. The molecule has 1 heteroatoms. The monoisotopic (exact) mass is 312 g/mol. The zero-order valence-electron chi connectivity index (χ0n) is 9.33. The summed E-state index contributed by atoms with van der Waals surface area (Å²) in [7, 11) is 0. The van der Waals surface area contributed by atoms with Gasteiger partial charge in [-0.2, -0.15) is 0 Å². The van der Waals surface area contributed by atoms with E-state index >= 15 is 0 Å². The second-order valence-corrected chi connectivity index (χ2v) is 7.56. The van der Waals surface area contributed by atoms with Gasteiger partial charge in [-0.25, -0.2) is 0 Å². The minimum Gasteiger partial charge on any atom is -0.0775 e. The molecule has 0 nitrogen and oxygen atoms in total. The van der Waals surface area contributed by atoms with E-state index in [1.54, 1.807) is 5.56 Å². The summed E-state index contributed by atoms with van der Waals surface area (Å²) in [6.07, 6.45) is 2.82. The topological polar surface area (TPSA) is 0 Å². The summed E-state index contributed by atoms with van der Waals surface area (Å²) >= 11 is 2.74. The van der Waals surface area contributed by atoms with Crippen LogP contribution in [0.25, 0.3) is 0 Å². The number of hydrogen-bond acceptors (Lipinski definition) is 0. The molecule has 1 aromatic carbocycles. The number of benzene rings is 1. The van der Waals surface area contributed by atoms with Crippen LogP contribution in [0.5, 0.6) is 0 Å². The Hall–Kier alpha value is -0.0500. The summed E-state index contributed by atoms with van der Waals surface area (Å²) in [5.41, 5.74) is 2.13. The van der Waals surface area contributed by atoms with Crippen LogP contribution in [0.15, 0.2) is 30.3 Å². The quantitative estimate of drug-likeness (QED) is 0.533. The summed E-state index contributed by atoms with van der Waals surface area (Å²) in [4.78, 5) is 0. The second-order valence-electron chi connectivity index (χ2n) is 5.64. The molecule has 0 spiro atoms. The van der Waals surface area contributed by atoms with E-state index in [0.717, 1.165) is 11.8 Å². The normalized spacial score (nSPS) is 47.7. The number of hydrogen-bond donors (Lipinski definition) is 0. The van der Waals surface area contributed by atoms with Crippen molar-refractivity contribution in [1.82, 2.24) is 0 Å². The highest BCUT2D eigenvalue weighted by Crippen LogP contribution is 2.81. The Bertz CT molecular complexity index is 368. The SMILES string of the molecule is CC1CC2(C)C(c3ccccc3)C2(I)C1. The fourth-order valence-electron chi connectivity index (χ4n) is 3.93. The minimum atomic E-state index is 0.561. The first kappa shape index (κ1) is 10.1. The summed E-state index contributed by atoms with van der Waals surface area (Å²) in [6.45, 7) is 4.89. The first-order valence-electron chi connectivity index (χ1n) is 5.82. The van der Waals surface area contributed by atoms with E-state index in [-0.39, 0.29) is 0 Å². The van der Waals surface area contributed by atoms with Gasteiger partial charge in [0, 0.05) is 9.34 Å². The zero-order valence-corrected chi connectivity index (χ0v) is 11.5. The first-order chi connectivity index (χ1) is 7.08. The molecule has 0 amide bonds. The van der Waals surface area contributed by atoms with Crippen LogP contribution in [-0.4, -0.2) is 3.42 Å². The van der Waals surface area contributed by atoms with Gasteiger partial charge in [0.25, 0.3) is 0 Å². The molecule has 0 N–H and O–H groups in total. The highest BCUT2D eigenvalue weighted by atomic mass is 127. The summed E-state index contributed by atoms with van der Waals surface area (Å²) < 4.78 is 0.561. The van der Waals surface area contributed by atoms with Crippen LogP contribution in [0.2, 0.25) is 0 Å². The van der Waals surface area contributed by atoms with Crippen molar-refractivity contribution in [2.24, 2.45) is 11.3 Å². The van der Waals surface area contributed by atoms with Crippen molar-refractivity contribution >= 4 is 22.6 Å². The zero-order chi connectivity index (χ0) is 10.7. The number of alkyl halides is 1. The Balaban J connectivity index is 1.95. The van der Waals surface area contributed by atoms with Crippen molar-refractivity contribution in [3.8, 4) is 0 Å². The summed E-state index contributed by atoms with van der Waals surface area (Å²) in [5.74, 6) is 1.73. The van der Waals surface area contributed by atoms with Crippen LogP contribution >= 0.6 is 22.6 Å². The molecule has 1 aromatic rings. The smallest absolute Gasteiger partial charge is 0.0358 e. The Morgan fingerprint density at radius 2 is 1.87 bits per heavy atom.